The Morgan fingerprint density at radius 3 is 2.89 bits per heavy atom. The molecule has 0 fully saturated rings. The van der Waals surface area contributed by atoms with Crippen LogP contribution < -0.4 is 11.1 Å². The van der Waals surface area contributed by atoms with Gasteiger partial charge < -0.3 is 11.1 Å². The van der Waals surface area contributed by atoms with Crippen molar-refractivity contribution in [2.24, 2.45) is 5.73 Å². The van der Waals surface area contributed by atoms with Crippen molar-refractivity contribution in [3.05, 3.63) is 35.9 Å². The smallest absolute Gasteiger partial charge is 0.144 e. The Morgan fingerprint density at radius 2 is 2.21 bits per heavy atom. The van der Waals surface area contributed by atoms with Crippen molar-refractivity contribution in [1.29, 1.82) is 5.26 Å². The summed E-state index contributed by atoms with van der Waals surface area (Å²) in [7, 11) is 0. The first kappa shape index (κ1) is 13.3. The van der Waals surface area contributed by atoms with Gasteiger partial charge in [0, 0.05) is 18.0 Å². The van der Waals surface area contributed by atoms with Gasteiger partial charge in [0.25, 0.3) is 0 Å². The number of anilines is 1. The Morgan fingerprint density at radius 1 is 1.42 bits per heavy atom. The number of hydrogen-bond acceptors (Lipinski definition) is 4. The number of pyridine rings is 1. The SMILES string of the molecule is CCCC(CN)Nc1nc2ccccc2cc1C#N. The second-order valence-corrected chi connectivity index (χ2v) is 4.55. The van der Waals surface area contributed by atoms with E-state index in [0.29, 0.717) is 17.9 Å². The molecule has 0 aliphatic heterocycles. The summed E-state index contributed by atoms with van der Waals surface area (Å²) >= 11 is 0. The van der Waals surface area contributed by atoms with Crippen molar-refractivity contribution in [2.75, 3.05) is 11.9 Å². The number of aromatic nitrogens is 1. The average Bonchev–Trinajstić information content (AvgIpc) is 2.46. The highest BCUT2D eigenvalue weighted by Gasteiger charge is 2.11. The van der Waals surface area contributed by atoms with E-state index in [2.05, 4.69) is 23.3 Å². The predicted octanol–water partition coefficient (Wildman–Crippen LogP) is 2.65. The third-order valence-corrected chi connectivity index (χ3v) is 3.11. The molecule has 2 aromatic rings. The van der Waals surface area contributed by atoms with E-state index < -0.39 is 0 Å². The lowest BCUT2D eigenvalue weighted by Gasteiger charge is -2.17. The summed E-state index contributed by atoms with van der Waals surface area (Å²) in [4.78, 5) is 4.53. The molecule has 19 heavy (non-hydrogen) atoms. The van der Waals surface area contributed by atoms with Crippen LogP contribution in [0, 0.1) is 11.3 Å². The molecule has 3 N–H and O–H groups in total. The summed E-state index contributed by atoms with van der Waals surface area (Å²) in [6, 6.07) is 12.0. The second-order valence-electron chi connectivity index (χ2n) is 4.55. The van der Waals surface area contributed by atoms with Gasteiger partial charge in [0.15, 0.2) is 0 Å². The quantitative estimate of drug-likeness (QED) is 0.860. The number of nitriles is 1. The van der Waals surface area contributed by atoms with E-state index in [-0.39, 0.29) is 6.04 Å². The van der Waals surface area contributed by atoms with Gasteiger partial charge >= 0.3 is 0 Å². The maximum atomic E-state index is 9.23. The standard InChI is InChI=1S/C15H18N4/c1-2-5-13(10-17)18-15-12(9-16)8-11-6-3-4-7-14(11)19-15/h3-4,6-8,13H,2,5,10,17H2,1H3,(H,18,19). The number of nitrogens with two attached hydrogens (primary N) is 1. The zero-order valence-electron chi connectivity index (χ0n) is 11.1. The average molecular weight is 254 g/mol. The topological polar surface area (TPSA) is 74.7 Å². The van der Waals surface area contributed by atoms with Gasteiger partial charge in [-0.25, -0.2) is 4.98 Å². The molecule has 0 aliphatic carbocycles. The second kappa shape index (κ2) is 6.17. The van der Waals surface area contributed by atoms with E-state index in [0.717, 1.165) is 23.7 Å². The highest BCUT2D eigenvalue weighted by Crippen LogP contribution is 2.20. The van der Waals surface area contributed by atoms with Gasteiger partial charge in [0.2, 0.25) is 0 Å². The van der Waals surface area contributed by atoms with Crippen LogP contribution in [0.15, 0.2) is 30.3 Å². The van der Waals surface area contributed by atoms with Gasteiger partial charge in [-0.15, -0.1) is 0 Å². The first-order chi connectivity index (χ1) is 9.28. The van der Waals surface area contributed by atoms with Gasteiger partial charge in [-0.05, 0) is 18.6 Å². The Labute approximate surface area is 113 Å². The molecule has 1 unspecified atom stereocenters. The Hall–Kier alpha value is -2.12. The zero-order valence-corrected chi connectivity index (χ0v) is 11.1. The molecule has 4 heteroatoms. The summed E-state index contributed by atoms with van der Waals surface area (Å²) in [5.41, 5.74) is 7.19. The third-order valence-electron chi connectivity index (χ3n) is 3.11. The maximum absolute atomic E-state index is 9.23. The van der Waals surface area contributed by atoms with E-state index in [9.17, 15) is 5.26 Å². The summed E-state index contributed by atoms with van der Waals surface area (Å²) in [5.74, 6) is 0.630. The molecule has 1 aromatic carbocycles. The zero-order chi connectivity index (χ0) is 13.7. The van der Waals surface area contributed by atoms with Crippen molar-refractivity contribution < 1.29 is 0 Å². The van der Waals surface area contributed by atoms with Gasteiger partial charge in [0.1, 0.15) is 11.9 Å². The highest BCUT2D eigenvalue weighted by atomic mass is 15.0. The molecule has 0 amide bonds. The number of fused-ring (bicyclic) bond motifs is 1. The summed E-state index contributed by atoms with van der Waals surface area (Å²) < 4.78 is 0. The fraction of sp³-hybridized carbons (Fsp3) is 0.333. The lowest BCUT2D eigenvalue weighted by Crippen LogP contribution is -2.29. The van der Waals surface area contributed by atoms with Crippen LogP contribution in [0.5, 0.6) is 0 Å². The fourth-order valence-corrected chi connectivity index (χ4v) is 2.10. The Kier molecular flexibility index (Phi) is 4.32. The Bertz CT molecular complexity index is 601. The molecule has 1 atom stereocenters. The molecule has 0 saturated heterocycles. The fourth-order valence-electron chi connectivity index (χ4n) is 2.10. The van der Waals surface area contributed by atoms with E-state index in [4.69, 9.17) is 5.73 Å². The summed E-state index contributed by atoms with van der Waals surface area (Å²) in [6.07, 6.45) is 2.01. The molecule has 1 heterocycles. The molecule has 0 bridgehead atoms. The molecular formula is C15H18N4. The van der Waals surface area contributed by atoms with E-state index in [1.807, 2.05) is 30.3 Å². The van der Waals surface area contributed by atoms with Crippen molar-refractivity contribution in [2.45, 2.75) is 25.8 Å². The number of hydrogen-bond donors (Lipinski definition) is 2. The van der Waals surface area contributed by atoms with Gasteiger partial charge in [-0.1, -0.05) is 31.5 Å². The van der Waals surface area contributed by atoms with Crippen molar-refractivity contribution >= 4 is 16.7 Å². The first-order valence-electron chi connectivity index (χ1n) is 6.55. The van der Waals surface area contributed by atoms with Crippen LogP contribution in [-0.2, 0) is 0 Å². The van der Waals surface area contributed by atoms with Crippen LogP contribution in [0.2, 0.25) is 0 Å². The molecule has 0 spiro atoms. The van der Waals surface area contributed by atoms with E-state index >= 15 is 0 Å². The largest absolute Gasteiger partial charge is 0.365 e. The van der Waals surface area contributed by atoms with Crippen LogP contribution in [0.4, 0.5) is 5.82 Å². The lowest BCUT2D eigenvalue weighted by atomic mass is 10.1. The predicted molar refractivity (Wildman–Crippen MR) is 77.8 cm³/mol. The minimum absolute atomic E-state index is 0.158. The molecule has 1 aromatic heterocycles. The number of rotatable bonds is 5. The number of para-hydroxylation sites is 1. The van der Waals surface area contributed by atoms with Crippen LogP contribution in [-0.4, -0.2) is 17.6 Å². The normalized spacial score (nSPS) is 12.1. The van der Waals surface area contributed by atoms with Gasteiger partial charge in [-0.2, -0.15) is 5.26 Å². The molecule has 0 aliphatic rings. The maximum Gasteiger partial charge on any atom is 0.144 e. The highest BCUT2D eigenvalue weighted by molar-refractivity contribution is 5.82. The number of nitrogens with zero attached hydrogens (tertiary/aromatic N) is 2. The summed E-state index contributed by atoms with van der Waals surface area (Å²) in [5, 5.41) is 13.5. The van der Waals surface area contributed by atoms with Crippen molar-refractivity contribution in [1.82, 2.24) is 4.98 Å². The van der Waals surface area contributed by atoms with Crippen molar-refractivity contribution in [3.63, 3.8) is 0 Å². The van der Waals surface area contributed by atoms with E-state index in [1.165, 1.54) is 0 Å². The molecule has 0 radical (unpaired) electrons. The first-order valence-corrected chi connectivity index (χ1v) is 6.55. The molecule has 2 rings (SSSR count). The minimum Gasteiger partial charge on any atom is -0.365 e. The van der Waals surface area contributed by atoms with Crippen LogP contribution >= 0.6 is 0 Å². The van der Waals surface area contributed by atoms with Crippen molar-refractivity contribution in [3.8, 4) is 6.07 Å². The van der Waals surface area contributed by atoms with Gasteiger partial charge in [0.05, 0.1) is 11.1 Å². The van der Waals surface area contributed by atoms with Crippen LogP contribution in [0.3, 0.4) is 0 Å². The lowest BCUT2D eigenvalue weighted by molar-refractivity contribution is 0.646. The minimum atomic E-state index is 0.158. The molecule has 4 nitrogen and oxygen atoms in total. The molecule has 0 saturated carbocycles. The molecule has 98 valence electrons. The monoisotopic (exact) mass is 254 g/mol. The summed E-state index contributed by atoms with van der Waals surface area (Å²) in [6.45, 7) is 2.65. The molecular weight excluding hydrogens is 236 g/mol. The van der Waals surface area contributed by atoms with Crippen LogP contribution in [0.1, 0.15) is 25.3 Å². The third kappa shape index (κ3) is 3.01. The Balaban J connectivity index is 2.38. The van der Waals surface area contributed by atoms with Gasteiger partial charge in [-0.3, -0.25) is 0 Å². The van der Waals surface area contributed by atoms with Crippen LogP contribution in [0.25, 0.3) is 10.9 Å². The number of benzene rings is 1. The number of nitrogens with one attached hydrogen (secondary N) is 1. The van der Waals surface area contributed by atoms with E-state index in [1.54, 1.807) is 0 Å².